The largest absolute Gasteiger partial charge is 0.487 e. The van der Waals surface area contributed by atoms with E-state index in [4.69, 9.17) is 28.4 Å². The van der Waals surface area contributed by atoms with Crippen LogP contribution >= 0.6 is 0 Å². The summed E-state index contributed by atoms with van der Waals surface area (Å²) < 4.78 is 34.1. The highest BCUT2D eigenvalue weighted by Crippen LogP contribution is 2.28. The molecule has 0 aliphatic carbocycles. The minimum absolute atomic E-state index is 0.397. The number of benzene rings is 2. The first-order valence-corrected chi connectivity index (χ1v) is 8.78. The van der Waals surface area contributed by atoms with Crippen LogP contribution in [0, 0.1) is 0 Å². The first kappa shape index (κ1) is 18.4. The van der Waals surface area contributed by atoms with E-state index in [-0.39, 0.29) is 0 Å². The zero-order valence-corrected chi connectivity index (χ0v) is 14.7. The van der Waals surface area contributed by atoms with Gasteiger partial charge in [-0.15, -0.1) is 0 Å². The number of hydrogen-bond acceptors (Lipinski definition) is 6. The van der Waals surface area contributed by atoms with Crippen molar-refractivity contribution >= 4 is 0 Å². The number of rotatable bonds is 0. The molecule has 6 nitrogen and oxygen atoms in total. The van der Waals surface area contributed by atoms with E-state index >= 15 is 0 Å². The van der Waals surface area contributed by atoms with E-state index in [0.29, 0.717) is 75.9 Å². The predicted molar refractivity (Wildman–Crippen MR) is 96.5 cm³/mol. The summed E-state index contributed by atoms with van der Waals surface area (Å²) in [6.07, 6.45) is 0. The van der Waals surface area contributed by atoms with Gasteiger partial charge in [0.05, 0.1) is 26.4 Å². The summed E-state index contributed by atoms with van der Waals surface area (Å²) in [6.45, 7) is 3.71. The van der Waals surface area contributed by atoms with Gasteiger partial charge in [-0.25, -0.2) is 0 Å². The fraction of sp³-hybridized carbons (Fsp3) is 0.400. The predicted octanol–water partition coefficient (Wildman–Crippen LogP) is 2.95. The molecule has 6 heteroatoms. The molecule has 1 aliphatic heterocycles. The third-order valence-corrected chi connectivity index (χ3v) is 3.64. The van der Waals surface area contributed by atoms with Crippen molar-refractivity contribution in [3.05, 3.63) is 48.5 Å². The van der Waals surface area contributed by atoms with Crippen molar-refractivity contribution in [2.45, 2.75) is 0 Å². The third kappa shape index (κ3) is 5.82. The Morgan fingerprint density at radius 1 is 0.385 bits per heavy atom. The van der Waals surface area contributed by atoms with Crippen LogP contribution in [0.15, 0.2) is 48.5 Å². The van der Waals surface area contributed by atoms with Crippen LogP contribution in [-0.2, 0) is 9.47 Å². The van der Waals surface area contributed by atoms with E-state index in [0.717, 1.165) is 0 Å². The van der Waals surface area contributed by atoms with Gasteiger partial charge in [-0.05, 0) is 24.3 Å². The molecule has 0 amide bonds. The number of para-hydroxylation sites is 4. The lowest BCUT2D eigenvalue weighted by molar-refractivity contribution is 0.0264. The molecule has 0 unspecified atom stereocenters. The van der Waals surface area contributed by atoms with Crippen molar-refractivity contribution in [3.63, 3.8) is 0 Å². The lowest BCUT2D eigenvalue weighted by Gasteiger charge is -2.15. The molecule has 0 saturated heterocycles. The van der Waals surface area contributed by atoms with Gasteiger partial charge in [0.15, 0.2) is 23.0 Å². The highest BCUT2D eigenvalue weighted by molar-refractivity contribution is 5.40. The van der Waals surface area contributed by atoms with Crippen molar-refractivity contribution in [2.75, 3.05) is 52.9 Å². The van der Waals surface area contributed by atoms with Crippen LogP contribution in [0.25, 0.3) is 0 Å². The topological polar surface area (TPSA) is 55.4 Å². The fourth-order valence-corrected chi connectivity index (χ4v) is 2.42. The summed E-state index contributed by atoms with van der Waals surface area (Å²) in [5, 5.41) is 0. The van der Waals surface area contributed by atoms with Crippen molar-refractivity contribution in [1.82, 2.24) is 0 Å². The Hall–Kier alpha value is -2.44. The van der Waals surface area contributed by atoms with E-state index in [1.165, 1.54) is 0 Å². The van der Waals surface area contributed by atoms with Crippen LogP contribution in [0.1, 0.15) is 0 Å². The maximum absolute atomic E-state index is 5.80. The molecule has 0 atom stereocenters. The van der Waals surface area contributed by atoms with E-state index in [2.05, 4.69) is 0 Å². The molecule has 0 spiro atoms. The van der Waals surface area contributed by atoms with E-state index in [1.807, 2.05) is 48.5 Å². The van der Waals surface area contributed by atoms with Crippen LogP contribution in [0.3, 0.4) is 0 Å². The second-order valence-electron chi connectivity index (χ2n) is 5.51. The molecule has 3 rings (SSSR count). The van der Waals surface area contributed by atoms with Gasteiger partial charge in [-0.2, -0.15) is 0 Å². The average Bonchev–Trinajstić information content (AvgIpc) is 2.68. The first-order valence-electron chi connectivity index (χ1n) is 8.78. The third-order valence-electron chi connectivity index (χ3n) is 3.64. The zero-order valence-electron chi connectivity index (χ0n) is 14.7. The Labute approximate surface area is 153 Å². The van der Waals surface area contributed by atoms with E-state index < -0.39 is 0 Å². The highest BCUT2D eigenvalue weighted by atomic mass is 16.6. The quantitative estimate of drug-likeness (QED) is 0.720. The van der Waals surface area contributed by atoms with Crippen LogP contribution in [0.5, 0.6) is 23.0 Å². The summed E-state index contributed by atoms with van der Waals surface area (Å²) in [7, 11) is 0. The maximum Gasteiger partial charge on any atom is 0.161 e. The Morgan fingerprint density at radius 2 is 0.654 bits per heavy atom. The molecule has 2 aromatic carbocycles. The van der Waals surface area contributed by atoms with Crippen molar-refractivity contribution in [1.29, 1.82) is 0 Å². The second-order valence-corrected chi connectivity index (χ2v) is 5.51. The normalized spacial score (nSPS) is 16.9. The second kappa shape index (κ2) is 10.5. The number of hydrogen-bond donors (Lipinski definition) is 0. The Bertz CT molecular complexity index is 603. The maximum atomic E-state index is 5.80. The molecule has 0 radical (unpaired) electrons. The van der Waals surface area contributed by atoms with Gasteiger partial charge in [0.1, 0.15) is 26.4 Å². The summed E-state index contributed by atoms with van der Waals surface area (Å²) in [5.41, 5.74) is 0. The van der Waals surface area contributed by atoms with E-state index in [1.54, 1.807) is 0 Å². The number of fused-ring (bicyclic) bond motifs is 2. The van der Waals surface area contributed by atoms with Gasteiger partial charge < -0.3 is 28.4 Å². The smallest absolute Gasteiger partial charge is 0.161 e. The molecular formula is C20H24O6. The van der Waals surface area contributed by atoms with Crippen LogP contribution in [0.2, 0.25) is 0 Å². The first-order chi connectivity index (χ1) is 12.9. The van der Waals surface area contributed by atoms with Gasteiger partial charge in [0, 0.05) is 0 Å². The van der Waals surface area contributed by atoms with Crippen molar-refractivity contribution in [2.24, 2.45) is 0 Å². The van der Waals surface area contributed by atoms with Gasteiger partial charge in [0.2, 0.25) is 0 Å². The van der Waals surface area contributed by atoms with Crippen LogP contribution < -0.4 is 18.9 Å². The van der Waals surface area contributed by atoms with Gasteiger partial charge >= 0.3 is 0 Å². The molecule has 1 heterocycles. The Kier molecular flexibility index (Phi) is 7.43. The van der Waals surface area contributed by atoms with Crippen LogP contribution in [0.4, 0.5) is 0 Å². The lowest BCUT2D eigenvalue weighted by atomic mass is 10.3. The lowest BCUT2D eigenvalue weighted by Crippen LogP contribution is -2.15. The summed E-state index contributed by atoms with van der Waals surface area (Å²) >= 11 is 0. The monoisotopic (exact) mass is 360 g/mol. The molecule has 140 valence electrons. The minimum atomic E-state index is 0.397. The van der Waals surface area contributed by atoms with Gasteiger partial charge in [-0.3, -0.25) is 0 Å². The van der Waals surface area contributed by atoms with Crippen molar-refractivity contribution < 1.29 is 28.4 Å². The molecule has 0 fully saturated rings. The van der Waals surface area contributed by atoms with Crippen molar-refractivity contribution in [3.8, 4) is 23.0 Å². The highest BCUT2D eigenvalue weighted by Gasteiger charge is 2.07. The molecule has 0 saturated carbocycles. The molecule has 2 aromatic rings. The minimum Gasteiger partial charge on any atom is -0.487 e. The van der Waals surface area contributed by atoms with Gasteiger partial charge in [0.25, 0.3) is 0 Å². The van der Waals surface area contributed by atoms with Gasteiger partial charge in [-0.1, -0.05) is 24.3 Å². The van der Waals surface area contributed by atoms with E-state index in [9.17, 15) is 0 Å². The summed E-state index contributed by atoms with van der Waals surface area (Å²) in [5.74, 6) is 2.75. The molecule has 1 aliphatic rings. The standard InChI is InChI=1S/C20H24O6/c1-3-7-19-17(5-1)23-13-11-21-9-10-22-12-14-24-18-6-2-4-8-20(18)26-16-15-25-19/h1-8H,9-16H2. The SMILES string of the molecule is c1ccc2c(c1)OCCOCCOCCOc1ccccc1OCCO2. The average molecular weight is 360 g/mol. The summed E-state index contributed by atoms with van der Waals surface area (Å²) in [6, 6.07) is 15.1. The summed E-state index contributed by atoms with van der Waals surface area (Å²) in [4.78, 5) is 0. The van der Waals surface area contributed by atoms with Crippen LogP contribution in [-0.4, -0.2) is 52.9 Å². The fourth-order valence-electron chi connectivity index (χ4n) is 2.42. The Morgan fingerprint density at radius 3 is 1.00 bits per heavy atom. The molecule has 26 heavy (non-hydrogen) atoms. The molecular weight excluding hydrogens is 336 g/mol. The number of ether oxygens (including phenoxy) is 6. The molecule has 0 bridgehead atoms. The molecule has 0 N–H and O–H groups in total. The Balaban J connectivity index is 1.62. The molecule has 0 aromatic heterocycles. The zero-order chi connectivity index (χ0) is 17.9.